The third kappa shape index (κ3) is 2.54. The number of nitrogen functional groups attached to an aromatic ring is 1. The molecule has 2 aromatic rings. The molecule has 0 fully saturated rings. The summed E-state index contributed by atoms with van der Waals surface area (Å²) in [6, 6.07) is 1.49. The number of amides is 1. The molecule has 0 bridgehead atoms. The smallest absolute Gasteiger partial charge is 0.286 e. The van der Waals surface area contributed by atoms with Crippen molar-refractivity contribution in [2.24, 2.45) is 0 Å². The van der Waals surface area contributed by atoms with Gasteiger partial charge in [-0.25, -0.2) is 8.78 Å². The van der Waals surface area contributed by atoms with E-state index in [1.54, 1.807) is 0 Å². The van der Waals surface area contributed by atoms with Crippen LogP contribution in [0.15, 0.2) is 12.1 Å². The van der Waals surface area contributed by atoms with Crippen molar-refractivity contribution < 1.29 is 13.6 Å². The van der Waals surface area contributed by atoms with E-state index in [2.05, 4.69) is 15.5 Å². The van der Waals surface area contributed by atoms with Gasteiger partial charge < -0.3 is 11.1 Å². The van der Waals surface area contributed by atoms with Crippen molar-refractivity contribution >= 4 is 39.7 Å². The monoisotopic (exact) mass is 290 g/mol. The van der Waals surface area contributed by atoms with Crippen LogP contribution in [-0.2, 0) is 0 Å². The molecule has 9 heteroatoms. The van der Waals surface area contributed by atoms with E-state index in [0.717, 1.165) is 17.4 Å². The van der Waals surface area contributed by atoms with Gasteiger partial charge in [-0.1, -0.05) is 22.9 Å². The van der Waals surface area contributed by atoms with Crippen LogP contribution in [0.4, 0.5) is 19.6 Å². The molecule has 1 amide bonds. The highest BCUT2D eigenvalue weighted by molar-refractivity contribution is 7.17. The Labute approximate surface area is 109 Å². The second kappa shape index (κ2) is 4.83. The number of halogens is 3. The van der Waals surface area contributed by atoms with Crippen molar-refractivity contribution in [2.75, 3.05) is 11.1 Å². The van der Waals surface area contributed by atoms with Crippen LogP contribution < -0.4 is 11.1 Å². The van der Waals surface area contributed by atoms with E-state index in [9.17, 15) is 13.6 Å². The van der Waals surface area contributed by atoms with Gasteiger partial charge in [0, 0.05) is 6.07 Å². The van der Waals surface area contributed by atoms with Crippen molar-refractivity contribution in [1.82, 2.24) is 10.2 Å². The van der Waals surface area contributed by atoms with Gasteiger partial charge in [0.1, 0.15) is 5.82 Å². The Balaban J connectivity index is 2.27. The first-order chi connectivity index (χ1) is 8.47. The second-order valence-electron chi connectivity index (χ2n) is 3.14. The topological polar surface area (TPSA) is 80.9 Å². The maximum absolute atomic E-state index is 13.4. The van der Waals surface area contributed by atoms with Crippen LogP contribution in [0.25, 0.3) is 0 Å². The van der Waals surface area contributed by atoms with Crippen LogP contribution in [0, 0.1) is 11.6 Å². The van der Waals surface area contributed by atoms with Crippen molar-refractivity contribution in [3.63, 3.8) is 0 Å². The van der Waals surface area contributed by atoms with Gasteiger partial charge in [0.05, 0.1) is 10.7 Å². The lowest BCUT2D eigenvalue weighted by Crippen LogP contribution is -2.13. The summed E-state index contributed by atoms with van der Waals surface area (Å²) in [7, 11) is 0. The summed E-state index contributed by atoms with van der Waals surface area (Å²) in [4.78, 5) is 11.6. The summed E-state index contributed by atoms with van der Waals surface area (Å²) in [5, 5.41) is 8.90. The minimum Gasteiger partial charge on any atom is -0.374 e. The van der Waals surface area contributed by atoms with E-state index >= 15 is 0 Å². The lowest BCUT2D eigenvalue weighted by Gasteiger charge is -2.06. The lowest BCUT2D eigenvalue weighted by atomic mass is 10.3. The van der Waals surface area contributed by atoms with E-state index in [4.69, 9.17) is 17.3 Å². The second-order valence-corrected chi connectivity index (χ2v) is 4.56. The number of nitrogens with two attached hydrogens (primary N) is 1. The largest absolute Gasteiger partial charge is 0.374 e. The number of hydrogen-bond acceptors (Lipinski definition) is 5. The first kappa shape index (κ1) is 12.7. The van der Waals surface area contributed by atoms with Gasteiger partial charge in [0.25, 0.3) is 5.91 Å². The molecular formula is C9H5ClF2N4OS. The Morgan fingerprint density at radius 1 is 1.39 bits per heavy atom. The fourth-order valence-electron chi connectivity index (χ4n) is 1.15. The van der Waals surface area contributed by atoms with Crippen LogP contribution in [0.3, 0.4) is 0 Å². The van der Waals surface area contributed by atoms with Gasteiger partial charge >= 0.3 is 0 Å². The zero-order valence-corrected chi connectivity index (χ0v) is 10.1. The van der Waals surface area contributed by atoms with Gasteiger partial charge in [-0.15, -0.1) is 10.2 Å². The first-order valence-electron chi connectivity index (χ1n) is 4.52. The zero-order valence-electron chi connectivity index (χ0n) is 8.58. The SMILES string of the molecule is Nc1nnc(C(=O)Nc2c(F)cc(F)cc2Cl)s1. The average molecular weight is 291 g/mol. The zero-order chi connectivity index (χ0) is 13.3. The molecule has 1 aromatic heterocycles. The fraction of sp³-hybridized carbons (Fsp3) is 0. The number of anilines is 2. The number of nitrogens with zero attached hydrogens (tertiary/aromatic N) is 2. The molecule has 0 radical (unpaired) electrons. The summed E-state index contributed by atoms with van der Waals surface area (Å²) >= 11 is 6.45. The molecule has 1 aromatic carbocycles. The van der Waals surface area contributed by atoms with Crippen LogP contribution >= 0.6 is 22.9 Å². The molecule has 3 N–H and O–H groups in total. The number of nitrogens with one attached hydrogen (secondary N) is 1. The third-order valence-electron chi connectivity index (χ3n) is 1.88. The standard InChI is InChI=1S/C9H5ClF2N4OS/c10-4-1-3(11)2-5(12)6(4)14-7(17)8-15-16-9(13)18-8/h1-2H,(H2,13,16)(H,14,17). The maximum atomic E-state index is 13.4. The molecule has 18 heavy (non-hydrogen) atoms. The van der Waals surface area contributed by atoms with Gasteiger partial charge in [-0.2, -0.15) is 0 Å². The van der Waals surface area contributed by atoms with Crippen LogP contribution in [0.5, 0.6) is 0 Å². The molecule has 0 saturated heterocycles. The van der Waals surface area contributed by atoms with Crippen molar-refractivity contribution in [3.8, 4) is 0 Å². The Morgan fingerprint density at radius 3 is 2.67 bits per heavy atom. The molecule has 5 nitrogen and oxygen atoms in total. The molecule has 0 unspecified atom stereocenters. The molecule has 1 heterocycles. The van der Waals surface area contributed by atoms with Crippen LogP contribution in [-0.4, -0.2) is 16.1 Å². The number of hydrogen-bond donors (Lipinski definition) is 2. The third-order valence-corrected chi connectivity index (χ3v) is 2.93. The van der Waals surface area contributed by atoms with Crippen molar-refractivity contribution in [1.29, 1.82) is 0 Å². The van der Waals surface area contributed by atoms with E-state index in [-0.39, 0.29) is 20.8 Å². The Kier molecular flexibility index (Phi) is 3.39. The van der Waals surface area contributed by atoms with E-state index < -0.39 is 17.5 Å². The minimum atomic E-state index is -0.981. The van der Waals surface area contributed by atoms with E-state index in [1.165, 1.54) is 0 Å². The Bertz CT molecular complexity index is 595. The Hall–Kier alpha value is -1.80. The van der Waals surface area contributed by atoms with E-state index in [0.29, 0.717) is 6.07 Å². The highest BCUT2D eigenvalue weighted by atomic mass is 35.5. The summed E-state index contributed by atoms with van der Waals surface area (Å²) in [6.45, 7) is 0. The number of carbonyl (C=O) groups is 1. The summed E-state index contributed by atoms with van der Waals surface area (Å²) in [5.41, 5.74) is 4.98. The lowest BCUT2D eigenvalue weighted by molar-refractivity contribution is 0.102. The molecule has 0 saturated carbocycles. The van der Waals surface area contributed by atoms with Crippen molar-refractivity contribution in [3.05, 3.63) is 33.8 Å². The number of aromatic nitrogens is 2. The number of rotatable bonds is 2. The molecule has 94 valence electrons. The maximum Gasteiger partial charge on any atom is 0.286 e. The Morgan fingerprint density at radius 2 is 2.11 bits per heavy atom. The first-order valence-corrected chi connectivity index (χ1v) is 5.71. The molecular weight excluding hydrogens is 286 g/mol. The summed E-state index contributed by atoms with van der Waals surface area (Å²) in [6.07, 6.45) is 0. The van der Waals surface area contributed by atoms with Crippen molar-refractivity contribution in [2.45, 2.75) is 0 Å². The van der Waals surface area contributed by atoms with Gasteiger partial charge in [-0.3, -0.25) is 4.79 Å². The van der Waals surface area contributed by atoms with Gasteiger partial charge in [0.15, 0.2) is 5.82 Å². The average Bonchev–Trinajstić information content (AvgIpc) is 2.70. The summed E-state index contributed by atoms with van der Waals surface area (Å²) in [5.74, 6) is -2.54. The highest BCUT2D eigenvalue weighted by Gasteiger charge is 2.17. The molecule has 0 spiro atoms. The molecule has 0 aliphatic rings. The predicted octanol–water partition coefficient (Wildman–Crippen LogP) is 2.30. The molecule has 2 rings (SSSR count). The van der Waals surface area contributed by atoms with Crippen LogP contribution in [0.2, 0.25) is 5.02 Å². The minimum absolute atomic E-state index is 0.0488. The van der Waals surface area contributed by atoms with Gasteiger partial charge in [-0.05, 0) is 6.07 Å². The van der Waals surface area contributed by atoms with Gasteiger partial charge in [0.2, 0.25) is 10.1 Å². The molecule has 0 aliphatic carbocycles. The molecule has 0 atom stereocenters. The number of benzene rings is 1. The van der Waals surface area contributed by atoms with E-state index in [1.807, 2.05) is 0 Å². The fourth-order valence-corrected chi connectivity index (χ4v) is 1.90. The predicted molar refractivity (Wildman–Crippen MR) is 63.6 cm³/mol. The number of carbonyl (C=O) groups excluding carboxylic acids is 1. The normalized spacial score (nSPS) is 10.4. The quantitative estimate of drug-likeness (QED) is 0.889. The van der Waals surface area contributed by atoms with Crippen LogP contribution in [0.1, 0.15) is 9.80 Å². The summed E-state index contributed by atoms with van der Waals surface area (Å²) < 4.78 is 26.2. The highest BCUT2D eigenvalue weighted by Crippen LogP contribution is 2.27. The molecule has 0 aliphatic heterocycles.